The summed E-state index contributed by atoms with van der Waals surface area (Å²) in [5, 5.41) is 20.6. The molecule has 1 aliphatic carbocycles. The van der Waals surface area contributed by atoms with Crippen molar-refractivity contribution in [1.82, 2.24) is 24.8 Å². The Morgan fingerprint density at radius 3 is 2.93 bits per heavy atom. The number of aromatic nitrogens is 5. The predicted octanol–water partition coefficient (Wildman–Crippen LogP) is 4.18. The first-order valence-corrected chi connectivity index (χ1v) is 10.4. The fourth-order valence-corrected chi connectivity index (χ4v) is 4.10. The minimum Gasteiger partial charge on any atom is -0.474 e. The fourth-order valence-electron chi connectivity index (χ4n) is 3.47. The highest BCUT2D eigenvalue weighted by Gasteiger charge is 2.18. The lowest BCUT2D eigenvalue weighted by atomic mass is 10.2. The maximum atomic E-state index is 6.13. The number of hydrogen-bond donors (Lipinski definition) is 1. The molecular weight excluding hydrogens is 372 g/mol. The van der Waals surface area contributed by atoms with Gasteiger partial charge in [-0.3, -0.25) is 0 Å². The van der Waals surface area contributed by atoms with Crippen LogP contribution in [0, 0.1) is 0 Å². The van der Waals surface area contributed by atoms with Gasteiger partial charge in [0, 0.05) is 29.2 Å². The van der Waals surface area contributed by atoms with Crippen LogP contribution in [-0.4, -0.2) is 30.9 Å². The Bertz CT molecular complexity index is 1070. The highest BCUT2D eigenvalue weighted by molar-refractivity contribution is 7.08. The molecule has 1 saturated carbocycles. The molecule has 0 aromatic carbocycles. The van der Waals surface area contributed by atoms with Crippen molar-refractivity contribution in [3.05, 3.63) is 52.9 Å². The van der Waals surface area contributed by atoms with Crippen molar-refractivity contribution in [2.75, 3.05) is 5.32 Å². The average molecular weight is 392 g/mol. The first-order chi connectivity index (χ1) is 13.9. The monoisotopic (exact) mass is 392 g/mol. The Morgan fingerprint density at radius 2 is 2.07 bits per heavy atom. The molecule has 1 aliphatic rings. The average Bonchev–Trinajstić information content (AvgIpc) is 3.48. The zero-order valence-corrected chi connectivity index (χ0v) is 16.1. The van der Waals surface area contributed by atoms with E-state index in [2.05, 4.69) is 25.6 Å². The number of fused-ring (bicyclic) bond motifs is 1. The van der Waals surface area contributed by atoms with Gasteiger partial charge in [0.2, 0.25) is 5.88 Å². The first-order valence-electron chi connectivity index (χ1n) is 9.46. The molecule has 4 heterocycles. The summed E-state index contributed by atoms with van der Waals surface area (Å²) in [5.74, 6) is 2.21. The van der Waals surface area contributed by atoms with Gasteiger partial charge in [0.15, 0.2) is 11.5 Å². The summed E-state index contributed by atoms with van der Waals surface area (Å²) in [6.45, 7) is 0.588. The molecule has 0 radical (unpaired) electrons. The van der Waals surface area contributed by atoms with Crippen molar-refractivity contribution in [3.63, 3.8) is 0 Å². The van der Waals surface area contributed by atoms with E-state index in [1.54, 1.807) is 22.0 Å². The Kier molecular flexibility index (Phi) is 4.62. The van der Waals surface area contributed by atoms with Gasteiger partial charge >= 0.3 is 0 Å². The quantitative estimate of drug-likeness (QED) is 0.530. The highest BCUT2D eigenvalue weighted by Crippen LogP contribution is 2.26. The maximum absolute atomic E-state index is 6.13. The van der Waals surface area contributed by atoms with Crippen LogP contribution in [0.25, 0.3) is 17.0 Å². The zero-order valence-electron chi connectivity index (χ0n) is 15.3. The molecule has 28 heavy (non-hydrogen) atoms. The van der Waals surface area contributed by atoms with Gasteiger partial charge < -0.3 is 10.1 Å². The molecule has 5 rings (SSSR count). The van der Waals surface area contributed by atoms with E-state index in [-0.39, 0.29) is 6.10 Å². The number of hydrogen-bond acceptors (Lipinski definition) is 7. The molecule has 4 aromatic rings. The normalized spacial score (nSPS) is 14.6. The molecule has 0 spiro atoms. The summed E-state index contributed by atoms with van der Waals surface area (Å²) < 4.78 is 7.89. The SMILES string of the molecule is c1cnc(OC2CCCC2)c(CNc2ccc3nnc(-c4ccsc4)n3n2)c1. The summed E-state index contributed by atoms with van der Waals surface area (Å²) in [5.41, 5.74) is 2.76. The molecule has 0 amide bonds. The first kappa shape index (κ1) is 17.1. The number of ether oxygens (including phenoxy) is 1. The third-order valence-electron chi connectivity index (χ3n) is 4.93. The van der Waals surface area contributed by atoms with Crippen molar-refractivity contribution >= 4 is 22.8 Å². The van der Waals surface area contributed by atoms with Crippen molar-refractivity contribution in [2.24, 2.45) is 0 Å². The number of pyridine rings is 1. The van der Waals surface area contributed by atoms with Crippen LogP contribution in [0.4, 0.5) is 5.82 Å². The van der Waals surface area contributed by atoms with Gasteiger partial charge in [0.05, 0.1) is 0 Å². The van der Waals surface area contributed by atoms with Crippen LogP contribution < -0.4 is 10.1 Å². The second-order valence-corrected chi connectivity index (χ2v) is 7.65. The van der Waals surface area contributed by atoms with Gasteiger partial charge in [-0.2, -0.15) is 15.9 Å². The summed E-state index contributed by atoms with van der Waals surface area (Å²) >= 11 is 1.63. The molecule has 0 atom stereocenters. The van der Waals surface area contributed by atoms with Gasteiger partial charge in [0.1, 0.15) is 11.9 Å². The zero-order chi connectivity index (χ0) is 18.8. The van der Waals surface area contributed by atoms with Crippen molar-refractivity contribution < 1.29 is 4.74 Å². The van der Waals surface area contributed by atoms with E-state index < -0.39 is 0 Å². The topological polar surface area (TPSA) is 77.2 Å². The molecule has 8 heteroatoms. The molecule has 7 nitrogen and oxygen atoms in total. The molecule has 0 unspecified atom stereocenters. The van der Waals surface area contributed by atoms with E-state index in [0.717, 1.165) is 41.3 Å². The van der Waals surface area contributed by atoms with Crippen LogP contribution in [0.1, 0.15) is 31.2 Å². The van der Waals surface area contributed by atoms with E-state index >= 15 is 0 Å². The highest BCUT2D eigenvalue weighted by atomic mass is 32.1. The maximum Gasteiger partial charge on any atom is 0.218 e. The number of nitrogens with one attached hydrogen (secondary N) is 1. The second kappa shape index (κ2) is 7.55. The van der Waals surface area contributed by atoms with Crippen molar-refractivity contribution in [3.8, 4) is 17.3 Å². The standard InChI is InChI=1S/C20H20N6OS/c1-2-6-16(5-1)27-20-14(4-3-10-21-20)12-22-17-7-8-18-23-24-19(26(18)25-17)15-9-11-28-13-15/h3-4,7-11,13,16H,1-2,5-6,12H2,(H,22,25). The number of rotatable bonds is 6. The molecule has 0 saturated heterocycles. The lowest BCUT2D eigenvalue weighted by Gasteiger charge is -2.15. The minimum absolute atomic E-state index is 0.285. The Morgan fingerprint density at radius 1 is 1.14 bits per heavy atom. The van der Waals surface area contributed by atoms with E-state index in [4.69, 9.17) is 4.74 Å². The predicted molar refractivity (Wildman–Crippen MR) is 109 cm³/mol. The van der Waals surface area contributed by atoms with Crippen LogP contribution in [0.2, 0.25) is 0 Å². The summed E-state index contributed by atoms with van der Waals surface area (Å²) in [7, 11) is 0. The molecule has 0 bridgehead atoms. The van der Waals surface area contributed by atoms with Crippen LogP contribution in [-0.2, 0) is 6.54 Å². The summed E-state index contributed by atoms with van der Waals surface area (Å²) in [6.07, 6.45) is 6.76. The summed E-state index contributed by atoms with van der Waals surface area (Å²) in [4.78, 5) is 4.44. The molecule has 142 valence electrons. The van der Waals surface area contributed by atoms with Crippen molar-refractivity contribution in [2.45, 2.75) is 38.3 Å². The van der Waals surface area contributed by atoms with Crippen LogP contribution in [0.3, 0.4) is 0 Å². The van der Waals surface area contributed by atoms with E-state index in [0.29, 0.717) is 12.4 Å². The Hall–Kier alpha value is -3.00. The van der Waals surface area contributed by atoms with Gasteiger partial charge in [0.25, 0.3) is 0 Å². The number of anilines is 1. The van der Waals surface area contributed by atoms with E-state index in [9.17, 15) is 0 Å². The van der Waals surface area contributed by atoms with E-state index in [1.165, 1.54) is 12.8 Å². The third kappa shape index (κ3) is 3.43. The Balaban J connectivity index is 1.36. The lowest BCUT2D eigenvalue weighted by molar-refractivity contribution is 0.199. The molecule has 4 aromatic heterocycles. The van der Waals surface area contributed by atoms with Gasteiger partial charge in [-0.25, -0.2) is 4.98 Å². The van der Waals surface area contributed by atoms with Gasteiger partial charge in [-0.1, -0.05) is 6.07 Å². The molecule has 1 N–H and O–H groups in total. The third-order valence-corrected chi connectivity index (χ3v) is 5.62. The van der Waals surface area contributed by atoms with Crippen molar-refractivity contribution in [1.29, 1.82) is 0 Å². The van der Waals surface area contributed by atoms with E-state index in [1.807, 2.05) is 41.1 Å². The van der Waals surface area contributed by atoms with Crippen LogP contribution >= 0.6 is 11.3 Å². The molecule has 0 aliphatic heterocycles. The minimum atomic E-state index is 0.285. The second-order valence-electron chi connectivity index (χ2n) is 6.87. The van der Waals surface area contributed by atoms with Crippen LogP contribution in [0.5, 0.6) is 5.88 Å². The number of thiophene rings is 1. The smallest absolute Gasteiger partial charge is 0.218 e. The fraction of sp³-hybridized carbons (Fsp3) is 0.300. The largest absolute Gasteiger partial charge is 0.474 e. The Labute approximate surface area is 166 Å². The van der Waals surface area contributed by atoms with Crippen LogP contribution in [0.15, 0.2) is 47.3 Å². The van der Waals surface area contributed by atoms with Gasteiger partial charge in [-0.05, 0) is 55.3 Å². The summed E-state index contributed by atoms with van der Waals surface area (Å²) in [6, 6.07) is 9.82. The molecular formula is C20H20N6OS. The number of nitrogens with zero attached hydrogens (tertiary/aromatic N) is 5. The molecule has 1 fully saturated rings. The lowest BCUT2D eigenvalue weighted by Crippen LogP contribution is -2.14. The van der Waals surface area contributed by atoms with Gasteiger partial charge in [-0.15, -0.1) is 15.3 Å².